The van der Waals surface area contributed by atoms with Crippen LogP contribution in [-0.4, -0.2) is 49.2 Å². The number of likely N-dealkylation sites (N-methyl/N-ethyl adjacent to an activating group) is 1. The molecule has 1 aromatic heterocycles. The number of hydrogen-bond donors (Lipinski definition) is 1. The van der Waals surface area contributed by atoms with E-state index in [0.717, 1.165) is 38.4 Å². The Kier molecular flexibility index (Phi) is 5.38. The van der Waals surface area contributed by atoms with Gasteiger partial charge in [-0.25, -0.2) is 4.98 Å². The van der Waals surface area contributed by atoms with Crippen molar-refractivity contribution in [3.05, 3.63) is 23.9 Å². The Morgan fingerprint density at radius 2 is 2.25 bits per heavy atom. The molecule has 112 valence electrons. The second kappa shape index (κ2) is 7.04. The molecule has 0 aromatic carbocycles. The van der Waals surface area contributed by atoms with Gasteiger partial charge in [-0.15, -0.1) is 0 Å². The van der Waals surface area contributed by atoms with E-state index in [0.29, 0.717) is 12.1 Å². The summed E-state index contributed by atoms with van der Waals surface area (Å²) >= 11 is 0. The summed E-state index contributed by atoms with van der Waals surface area (Å²) in [4.78, 5) is 9.39. The van der Waals surface area contributed by atoms with Crippen molar-refractivity contribution in [3.8, 4) is 0 Å². The average Bonchev–Trinajstić information content (AvgIpc) is 2.45. The molecular formula is C16H28N4. The number of rotatable bonds is 5. The highest BCUT2D eigenvalue weighted by Crippen LogP contribution is 2.21. The van der Waals surface area contributed by atoms with E-state index in [-0.39, 0.29) is 0 Å². The van der Waals surface area contributed by atoms with E-state index in [4.69, 9.17) is 0 Å². The lowest BCUT2D eigenvalue weighted by Gasteiger charge is -2.39. The van der Waals surface area contributed by atoms with Gasteiger partial charge in [0.15, 0.2) is 0 Å². The molecule has 1 N–H and O–H groups in total. The van der Waals surface area contributed by atoms with Gasteiger partial charge in [-0.3, -0.25) is 0 Å². The predicted molar refractivity (Wildman–Crippen MR) is 85.3 cm³/mol. The first-order chi connectivity index (χ1) is 9.61. The van der Waals surface area contributed by atoms with Gasteiger partial charge in [-0.2, -0.15) is 0 Å². The van der Waals surface area contributed by atoms with E-state index in [1.54, 1.807) is 0 Å². The first-order valence-electron chi connectivity index (χ1n) is 7.76. The largest absolute Gasteiger partial charge is 0.351 e. The Hall–Kier alpha value is -1.13. The van der Waals surface area contributed by atoms with Gasteiger partial charge in [0.1, 0.15) is 5.82 Å². The van der Waals surface area contributed by atoms with Crippen LogP contribution in [-0.2, 0) is 0 Å². The van der Waals surface area contributed by atoms with Crippen LogP contribution in [0.4, 0.5) is 5.82 Å². The third kappa shape index (κ3) is 3.70. The minimum Gasteiger partial charge on any atom is -0.351 e. The molecular weight excluding hydrogens is 248 g/mol. The minimum atomic E-state index is 0.388. The topological polar surface area (TPSA) is 31.4 Å². The number of nitrogens with zero attached hydrogens (tertiary/aromatic N) is 3. The van der Waals surface area contributed by atoms with Gasteiger partial charge >= 0.3 is 0 Å². The molecule has 2 atom stereocenters. The van der Waals surface area contributed by atoms with Crippen LogP contribution in [0.1, 0.15) is 38.8 Å². The predicted octanol–water partition coefficient (Wildman–Crippen LogP) is 2.28. The zero-order valence-corrected chi connectivity index (χ0v) is 13.3. The number of piperazine rings is 1. The Morgan fingerprint density at radius 3 is 2.95 bits per heavy atom. The summed E-state index contributed by atoms with van der Waals surface area (Å²) < 4.78 is 0. The average molecular weight is 276 g/mol. The number of pyridine rings is 1. The highest BCUT2D eigenvalue weighted by Gasteiger charge is 2.22. The molecule has 4 nitrogen and oxygen atoms in total. The summed E-state index contributed by atoms with van der Waals surface area (Å²) in [7, 11) is 2.19. The molecule has 1 aromatic rings. The third-order valence-corrected chi connectivity index (χ3v) is 4.09. The fraction of sp³-hybridized carbons (Fsp3) is 0.688. The van der Waals surface area contributed by atoms with Gasteiger partial charge in [0.25, 0.3) is 0 Å². The van der Waals surface area contributed by atoms with Crippen LogP contribution < -0.4 is 10.2 Å². The molecule has 0 spiro atoms. The Bertz CT molecular complexity index is 421. The monoisotopic (exact) mass is 276 g/mol. The molecule has 0 amide bonds. The number of nitrogens with one attached hydrogen (secondary N) is 1. The second-order valence-electron chi connectivity index (χ2n) is 5.93. The van der Waals surface area contributed by atoms with E-state index in [9.17, 15) is 0 Å². The molecule has 0 aliphatic carbocycles. The molecule has 2 unspecified atom stereocenters. The minimum absolute atomic E-state index is 0.388. The molecule has 1 aliphatic heterocycles. The van der Waals surface area contributed by atoms with Gasteiger partial charge in [0.05, 0.1) is 0 Å². The fourth-order valence-corrected chi connectivity index (χ4v) is 2.82. The van der Waals surface area contributed by atoms with E-state index in [1.165, 1.54) is 5.56 Å². The lowest BCUT2D eigenvalue weighted by Crippen LogP contribution is -2.50. The van der Waals surface area contributed by atoms with E-state index >= 15 is 0 Å². The van der Waals surface area contributed by atoms with Crippen molar-refractivity contribution in [2.75, 3.05) is 38.1 Å². The zero-order valence-electron chi connectivity index (χ0n) is 13.3. The number of aromatic nitrogens is 1. The van der Waals surface area contributed by atoms with Crippen LogP contribution in [0.25, 0.3) is 0 Å². The quantitative estimate of drug-likeness (QED) is 0.894. The van der Waals surface area contributed by atoms with Crippen LogP contribution in [0.5, 0.6) is 0 Å². The van der Waals surface area contributed by atoms with Gasteiger partial charge in [0.2, 0.25) is 0 Å². The van der Waals surface area contributed by atoms with Crippen molar-refractivity contribution in [2.24, 2.45) is 0 Å². The normalized spacial score (nSPS) is 22.0. The van der Waals surface area contributed by atoms with Crippen LogP contribution in [0, 0.1) is 0 Å². The number of anilines is 1. The highest BCUT2D eigenvalue weighted by atomic mass is 15.3. The molecule has 4 heteroatoms. The fourth-order valence-electron chi connectivity index (χ4n) is 2.82. The van der Waals surface area contributed by atoms with Crippen LogP contribution >= 0.6 is 0 Å². The molecule has 1 saturated heterocycles. The van der Waals surface area contributed by atoms with Gasteiger partial charge in [0, 0.05) is 37.9 Å². The summed E-state index contributed by atoms with van der Waals surface area (Å²) in [6.45, 7) is 11.0. The van der Waals surface area contributed by atoms with Gasteiger partial charge in [-0.1, -0.05) is 6.92 Å². The summed E-state index contributed by atoms with van der Waals surface area (Å²) in [6.07, 6.45) is 3.11. The van der Waals surface area contributed by atoms with E-state index in [2.05, 4.69) is 60.1 Å². The molecule has 0 saturated carbocycles. The van der Waals surface area contributed by atoms with E-state index < -0.39 is 0 Å². The molecule has 20 heavy (non-hydrogen) atoms. The molecule has 0 bridgehead atoms. The van der Waals surface area contributed by atoms with Crippen molar-refractivity contribution in [1.29, 1.82) is 0 Å². The summed E-state index contributed by atoms with van der Waals surface area (Å²) in [6, 6.07) is 5.28. The van der Waals surface area contributed by atoms with Crippen molar-refractivity contribution >= 4 is 5.82 Å². The summed E-state index contributed by atoms with van der Waals surface area (Å²) in [5, 5.41) is 3.54. The Labute approximate surface area is 123 Å². The maximum atomic E-state index is 4.58. The lowest BCUT2D eigenvalue weighted by molar-refractivity contribution is 0.274. The molecule has 1 fully saturated rings. The number of hydrogen-bond acceptors (Lipinski definition) is 4. The third-order valence-electron chi connectivity index (χ3n) is 4.09. The van der Waals surface area contributed by atoms with Crippen LogP contribution in [0.15, 0.2) is 18.3 Å². The van der Waals surface area contributed by atoms with Crippen molar-refractivity contribution in [3.63, 3.8) is 0 Å². The van der Waals surface area contributed by atoms with Crippen molar-refractivity contribution in [1.82, 2.24) is 15.2 Å². The Morgan fingerprint density at radius 1 is 1.45 bits per heavy atom. The van der Waals surface area contributed by atoms with Crippen LogP contribution in [0.2, 0.25) is 0 Å². The highest BCUT2D eigenvalue weighted by molar-refractivity contribution is 5.43. The molecule has 2 rings (SSSR count). The van der Waals surface area contributed by atoms with Gasteiger partial charge < -0.3 is 15.1 Å². The molecule has 1 aliphatic rings. The first kappa shape index (κ1) is 15.3. The molecule has 0 radical (unpaired) electrons. The molecule has 2 heterocycles. The van der Waals surface area contributed by atoms with Crippen molar-refractivity contribution < 1.29 is 0 Å². The SMILES string of the molecule is CCCNC(C)c1ccnc(N2CCN(C)CC2C)c1. The van der Waals surface area contributed by atoms with E-state index in [1.807, 2.05) is 6.20 Å². The maximum Gasteiger partial charge on any atom is 0.129 e. The first-order valence-corrected chi connectivity index (χ1v) is 7.76. The van der Waals surface area contributed by atoms with Gasteiger partial charge in [-0.05, 0) is 51.6 Å². The zero-order chi connectivity index (χ0) is 14.5. The van der Waals surface area contributed by atoms with Crippen molar-refractivity contribution in [2.45, 2.75) is 39.3 Å². The second-order valence-corrected chi connectivity index (χ2v) is 5.93. The summed E-state index contributed by atoms with van der Waals surface area (Å²) in [5.74, 6) is 1.12. The summed E-state index contributed by atoms with van der Waals surface area (Å²) in [5.41, 5.74) is 1.33. The standard InChI is InChI=1S/C16H28N4/c1-5-7-17-14(3)15-6-8-18-16(11-15)20-10-9-19(4)12-13(20)2/h6,8,11,13-14,17H,5,7,9-10,12H2,1-4H3. The smallest absolute Gasteiger partial charge is 0.129 e. The lowest BCUT2D eigenvalue weighted by atomic mass is 10.1. The maximum absolute atomic E-state index is 4.58. The van der Waals surface area contributed by atoms with Crippen LogP contribution in [0.3, 0.4) is 0 Å². The Balaban J connectivity index is 2.09.